The molecule has 44 heavy (non-hydrogen) atoms. The molecule has 4 bridgehead atoms. The van der Waals surface area contributed by atoms with E-state index in [1.54, 1.807) is 33.2 Å². The van der Waals surface area contributed by atoms with Gasteiger partial charge in [-0.15, -0.1) is 0 Å². The Bertz CT molecular complexity index is 1560. The predicted octanol–water partition coefficient (Wildman–Crippen LogP) is 2.42. The van der Waals surface area contributed by atoms with E-state index < -0.39 is 81.4 Å². The second-order valence-corrected chi connectivity index (χ2v) is 14.4. The van der Waals surface area contributed by atoms with E-state index in [1.807, 2.05) is 0 Å². The molecule has 0 radical (unpaired) electrons. The Balaban J connectivity index is 1.44. The Morgan fingerprint density at radius 2 is 1.59 bits per heavy atom. The molecule has 6 N–H and O–H groups in total. The standard InChI is InChI=1S/C33H38N2O9/c1-13-17-5-4-6-18(36)20(17)25(37)21-19(13)27(44-31(42)32-10-14-7-15(11-32)9-16(8-14)12-32)23-24(35(2)3)26(38)22(30(34)41)29(40)33(23,43)28(21)39/h4-6,13-16,19,23-24,27,36,38-39,43H,7-12H2,1-3H3,(H2,34,41)/t13-,14?,15?,16?,19+,23+,24-,27-,32?,33-/m1/s1. The maximum atomic E-state index is 14.4. The number of aliphatic hydroxyl groups is 3. The largest absolute Gasteiger partial charge is 0.510 e. The molecular weight excluding hydrogens is 568 g/mol. The van der Waals surface area contributed by atoms with Gasteiger partial charge in [0.05, 0.1) is 22.9 Å². The number of amides is 1. The van der Waals surface area contributed by atoms with E-state index in [0.29, 0.717) is 42.6 Å². The number of aliphatic hydroxyl groups excluding tert-OH is 2. The molecule has 1 aromatic carbocycles. The Morgan fingerprint density at radius 3 is 2.14 bits per heavy atom. The maximum absolute atomic E-state index is 14.4. The number of fused-ring (bicyclic) bond motifs is 3. The Morgan fingerprint density at radius 1 is 1.00 bits per heavy atom. The van der Waals surface area contributed by atoms with Crippen LogP contribution in [0, 0.1) is 35.0 Å². The molecule has 1 aromatic rings. The summed E-state index contributed by atoms with van der Waals surface area (Å²) in [6, 6.07) is 3.28. The monoisotopic (exact) mass is 606 g/mol. The fourth-order valence-electron chi connectivity index (χ4n) is 10.3. The molecule has 6 atom stereocenters. The summed E-state index contributed by atoms with van der Waals surface area (Å²) in [4.78, 5) is 56.4. The van der Waals surface area contributed by atoms with Crippen molar-refractivity contribution in [3.05, 3.63) is 52.0 Å². The summed E-state index contributed by atoms with van der Waals surface area (Å²) in [5.41, 5.74) is 0.905. The molecule has 0 spiro atoms. The minimum absolute atomic E-state index is 0.0908. The van der Waals surface area contributed by atoms with E-state index in [0.717, 1.165) is 19.3 Å². The van der Waals surface area contributed by atoms with Crippen molar-refractivity contribution in [1.29, 1.82) is 0 Å². The summed E-state index contributed by atoms with van der Waals surface area (Å²) in [5, 5.41) is 46.1. The highest BCUT2D eigenvalue weighted by atomic mass is 16.5. The second kappa shape index (κ2) is 9.40. The Hall–Kier alpha value is -3.70. The zero-order chi connectivity index (χ0) is 31.6. The Kier molecular flexibility index (Phi) is 6.21. The second-order valence-electron chi connectivity index (χ2n) is 14.4. The molecule has 4 saturated carbocycles. The lowest BCUT2D eigenvalue weighted by Gasteiger charge is -2.57. The number of rotatable bonds is 4. The highest BCUT2D eigenvalue weighted by Crippen LogP contribution is 2.62. The van der Waals surface area contributed by atoms with Crippen molar-refractivity contribution < 1.29 is 44.3 Å². The van der Waals surface area contributed by atoms with Crippen LogP contribution in [0.3, 0.4) is 0 Å². The van der Waals surface area contributed by atoms with Crippen molar-refractivity contribution in [2.45, 2.75) is 69.1 Å². The van der Waals surface area contributed by atoms with Gasteiger partial charge >= 0.3 is 5.97 Å². The van der Waals surface area contributed by atoms with Crippen LogP contribution in [0.4, 0.5) is 0 Å². The zero-order valence-corrected chi connectivity index (χ0v) is 24.9. The van der Waals surface area contributed by atoms with Crippen LogP contribution in [0.5, 0.6) is 5.75 Å². The quantitative estimate of drug-likeness (QED) is 0.252. The molecular formula is C33H38N2O9. The number of hydrogen-bond acceptors (Lipinski definition) is 10. The van der Waals surface area contributed by atoms with E-state index in [9.17, 15) is 39.6 Å². The van der Waals surface area contributed by atoms with Gasteiger partial charge in [-0.2, -0.15) is 0 Å². The highest BCUT2D eigenvalue weighted by Gasteiger charge is 2.69. The average Bonchev–Trinajstić information content (AvgIpc) is 2.93. The molecule has 234 valence electrons. The molecule has 11 nitrogen and oxygen atoms in total. The predicted molar refractivity (Wildman–Crippen MR) is 154 cm³/mol. The number of hydrogen-bond donors (Lipinski definition) is 5. The molecule has 0 aromatic heterocycles. The third kappa shape index (κ3) is 3.62. The third-order valence-electron chi connectivity index (χ3n) is 11.7. The Labute approximate surface area is 254 Å². The fourth-order valence-corrected chi connectivity index (χ4v) is 10.3. The summed E-state index contributed by atoms with van der Waals surface area (Å²) in [7, 11) is 3.10. The van der Waals surface area contributed by atoms with Crippen LogP contribution in [0.25, 0.3) is 0 Å². The first-order valence-corrected chi connectivity index (χ1v) is 15.4. The minimum Gasteiger partial charge on any atom is -0.510 e. The number of benzene rings is 1. The summed E-state index contributed by atoms with van der Waals surface area (Å²) >= 11 is 0. The van der Waals surface area contributed by atoms with Crippen molar-refractivity contribution in [2.24, 2.45) is 40.7 Å². The smallest absolute Gasteiger partial charge is 0.312 e. The SMILES string of the molecule is C[C@@H]1c2cccc(O)c2C(=O)C2=C(O)[C@@]3(O)C(=O)C(C(N)=O)=C(O)[C@H](N(C)C)[C@H]3[C@H](OC(=O)C34CC5CC(CC(C5)C3)C4)[C@H]21. The fraction of sp³-hybridized carbons (Fsp3) is 0.576. The summed E-state index contributed by atoms with van der Waals surface area (Å²) < 4.78 is 6.48. The van der Waals surface area contributed by atoms with Gasteiger partial charge in [-0.3, -0.25) is 24.1 Å². The van der Waals surface area contributed by atoms with E-state index in [1.165, 1.54) is 11.0 Å². The number of nitrogens with zero attached hydrogens (tertiary/aromatic N) is 1. The maximum Gasteiger partial charge on any atom is 0.312 e. The topological polar surface area (TPSA) is 188 Å². The van der Waals surface area contributed by atoms with Gasteiger partial charge in [-0.25, -0.2) is 0 Å². The third-order valence-corrected chi connectivity index (χ3v) is 11.7. The number of Topliss-reactive ketones (excluding diaryl/α,β-unsaturated/α-hetero) is 2. The van der Waals surface area contributed by atoms with Crippen LogP contribution in [0.15, 0.2) is 40.9 Å². The number of phenols is 1. The van der Waals surface area contributed by atoms with Gasteiger partial charge < -0.3 is 30.9 Å². The van der Waals surface area contributed by atoms with Gasteiger partial charge in [0.2, 0.25) is 5.78 Å². The minimum atomic E-state index is -2.94. The molecule has 0 unspecified atom stereocenters. The number of aromatic hydroxyl groups is 1. The normalized spacial score (nSPS) is 40.6. The average molecular weight is 607 g/mol. The van der Waals surface area contributed by atoms with Crippen LogP contribution in [0.1, 0.15) is 67.3 Å². The number of carbonyl (C=O) groups excluding carboxylic acids is 4. The van der Waals surface area contributed by atoms with Crippen molar-refractivity contribution >= 4 is 23.4 Å². The number of phenolic OH excluding ortho intramolecular Hbond substituents is 1. The zero-order valence-electron chi connectivity index (χ0n) is 24.9. The van der Waals surface area contributed by atoms with E-state index in [-0.39, 0.29) is 16.9 Å². The molecule has 0 heterocycles. The van der Waals surface area contributed by atoms with Gasteiger partial charge in [0.15, 0.2) is 11.4 Å². The molecule has 8 rings (SSSR count). The number of nitrogens with two attached hydrogens (primary N) is 1. The van der Waals surface area contributed by atoms with Gasteiger partial charge in [0, 0.05) is 11.5 Å². The van der Waals surface area contributed by atoms with E-state index in [2.05, 4.69) is 0 Å². The van der Waals surface area contributed by atoms with Crippen LogP contribution in [0.2, 0.25) is 0 Å². The number of esters is 1. The first-order chi connectivity index (χ1) is 20.7. The lowest BCUT2D eigenvalue weighted by Crippen LogP contribution is -2.69. The number of carbonyl (C=O) groups is 4. The molecule has 7 aliphatic rings. The van der Waals surface area contributed by atoms with Crippen molar-refractivity contribution in [3.63, 3.8) is 0 Å². The van der Waals surface area contributed by atoms with Gasteiger partial charge in [-0.05, 0) is 87.9 Å². The van der Waals surface area contributed by atoms with Crippen LogP contribution in [-0.2, 0) is 19.1 Å². The molecule has 1 amide bonds. The van der Waals surface area contributed by atoms with Crippen LogP contribution < -0.4 is 5.73 Å². The number of primary amides is 1. The van der Waals surface area contributed by atoms with E-state index >= 15 is 0 Å². The number of ether oxygens (including phenoxy) is 1. The molecule has 7 aliphatic carbocycles. The van der Waals surface area contributed by atoms with Crippen LogP contribution >= 0.6 is 0 Å². The number of ketones is 2. The first-order valence-electron chi connectivity index (χ1n) is 15.4. The summed E-state index contributed by atoms with van der Waals surface area (Å²) in [6.45, 7) is 1.76. The van der Waals surface area contributed by atoms with E-state index in [4.69, 9.17) is 10.5 Å². The molecule has 0 aliphatic heterocycles. The molecule has 4 fully saturated rings. The molecule has 0 saturated heterocycles. The summed E-state index contributed by atoms with van der Waals surface area (Å²) in [6.07, 6.45) is 3.90. The van der Waals surface area contributed by atoms with Gasteiger partial charge in [0.25, 0.3) is 5.91 Å². The summed E-state index contributed by atoms with van der Waals surface area (Å²) in [5.74, 6) is -7.98. The number of likely N-dealkylation sites (N-methyl/N-ethyl adjacent to an activating group) is 1. The van der Waals surface area contributed by atoms with Crippen LogP contribution in [-0.4, -0.2) is 80.6 Å². The van der Waals surface area contributed by atoms with Crippen molar-refractivity contribution in [2.75, 3.05) is 14.1 Å². The first kappa shape index (κ1) is 29.0. The van der Waals surface area contributed by atoms with Crippen molar-refractivity contribution in [3.8, 4) is 5.75 Å². The highest BCUT2D eigenvalue weighted by molar-refractivity contribution is 6.25. The van der Waals surface area contributed by atoms with Gasteiger partial charge in [0.1, 0.15) is 28.9 Å². The molecule has 11 heteroatoms. The lowest BCUT2D eigenvalue weighted by atomic mass is 9.49. The lowest BCUT2D eigenvalue weighted by molar-refractivity contribution is -0.198. The van der Waals surface area contributed by atoms with Crippen molar-refractivity contribution in [1.82, 2.24) is 4.90 Å². The van der Waals surface area contributed by atoms with Gasteiger partial charge in [-0.1, -0.05) is 19.1 Å².